The van der Waals surface area contributed by atoms with Gasteiger partial charge in [0, 0.05) is 6.42 Å². The Morgan fingerprint density at radius 2 is 1.88 bits per heavy atom. The van der Waals surface area contributed by atoms with Gasteiger partial charge < -0.3 is 4.79 Å². The summed E-state index contributed by atoms with van der Waals surface area (Å²) in [6.45, 7) is 2.19. The summed E-state index contributed by atoms with van der Waals surface area (Å²) in [7, 11) is 0. The average Bonchev–Trinajstić information content (AvgIpc) is 2.35. The van der Waals surface area contributed by atoms with E-state index in [4.69, 9.17) is 0 Å². The fraction of sp³-hybridized carbons (Fsp3) is 0.267. The molecule has 0 aromatic heterocycles. The summed E-state index contributed by atoms with van der Waals surface area (Å²) < 4.78 is 0. The molecule has 1 heteroatoms. The molecule has 2 aromatic rings. The third-order valence-electron chi connectivity index (χ3n) is 3.07. The van der Waals surface area contributed by atoms with E-state index >= 15 is 0 Å². The zero-order valence-corrected chi connectivity index (χ0v) is 9.52. The minimum Gasteiger partial charge on any atom is -0.303 e. The van der Waals surface area contributed by atoms with Crippen LogP contribution >= 0.6 is 0 Å². The lowest BCUT2D eigenvalue weighted by molar-refractivity contribution is -0.108. The van der Waals surface area contributed by atoms with Gasteiger partial charge in [0.2, 0.25) is 0 Å². The maximum absolute atomic E-state index is 10.4. The highest BCUT2D eigenvalue weighted by atomic mass is 16.1. The summed E-state index contributed by atoms with van der Waals surface area (Å²) >= 11 is 0. The van der Waals surface area contributed by atoms with Crippen molar-refractivity contribution < 1.29 is 4.79 Å². The minimum atomic E-state index is 0.441. The van der Waals surface area contributed by atoms with Crippen LogP contribution < -0.4 is 0 Å². The van der Waals surface area contributed by atoms with Gasteiger partial charge in [-0.15, -0.1) is 0 Å². The SMILES string of the molecule is C[C@H](CCC=O)c1cccc2ccccc12. The molecule has 0 bridgehead atoms. The van der Waals surface area contributed by atoms with E-state index in [0.717, 1.165) is 12.7 Å². The van der Waals surface area contributed by atoms with Crippen molar-refractivity contribution in [2.75, 3.05) is 0 Å². The highest BCUT2D eigenvalue weighted by molar-refractivity contribution is 5.86. The third-order valence-corrected chi connectivity index (χ3v) is 3.07. The first-order valence-corrected chi connectivity index (χ1v) is 5.74. The lowest BCUT2D eigenvalue weighted by Crippen LogP contribution is -1.95. The summed E-state index contributed by atoms with van der Waals surface area (Å²) in [5.74, 6) is 0.441. The molecule has 16 heavy (non-hydrogen) atoms. The predicted octanol–water partition coefficient (Wildman–Crippen LogP) is 3.92. The molecule has 0 radical (unpaired) electrons. The third kappa shape index (κ3) is 2.13. The lowest BCUT2D eigenvalue weighted by Gasteiger charge is -2.13. The molecule has 0 unspecified atom stereocenters. The second-order valence-electron chi connectivity index (χ2n) is 4.21. The zero-order chi connectivity index (χ0) is 11.4. The standard InChI is InChI=1S/C15H16O/c1-12(6-5-11-16)14-10-4-8-13-7-2-3-9-15(13)14/h2-4,7-12H,5-6H2,1H3/t12-/m1/s1. The summed E-state index contributed by atoms with van der Waals surface area (Å²) in [5.41, 5.74) is 1.35. The Balaban J connectivity index is 2.39. The van der Waals surface area contributed by atoms with E-state index in [9.17, 15) is 4.79 Å². The van der Waals surface area contributed by atoms with Crippen LogP contribution in [0.15, 0.2) is 42.5 Å². The smallest absolute Gasteiger partial charge is 0.120 e. The van der Waals surface area contributed by atoms with Crippen LogP contribution in [0.4, 0.5) is 0 Å². The van der Waals surface area contributed by atoms with Gasteiger partial charge in [-0.25, -0.2) is 0 Å². The normalized spacial score (nSPS) is 12.6. The molecule has 0 heterocycles. The van der Waals surface area contributed by atoms with Crippen molar-refractivity contribution >= 4 is 17.1 Å². The largest absolute Gasteiger partial charge is 0.303 e. The maximum Gasteiger partial charge on any atom is 0.120 e. The van der Waals surface area contributed by atoms with E-state index in [1.165, 1.54) is 16.3 Å². The van der Waals surface area contributed by atoms with Crippen molar-refractivity contribution in [2.45, 2.75) is 25.7 Å². The molecule has 0 spiro atoms. The van der Waals surface area contributed by atoms with Gasteiger partial charge in [-0.1, -0.05) is 49.4 Å². The summed E-state index contributed by atoms with van der Waals surface area (Å²) in [5, 5.41) is 2.58. The second kappa shape index (κ2) is 4.93. The van der Waals surface area contributed by atoms with Crippen LogP contribution in [-0.2, 0) is 4.79 Å². The minimum absolute atomic E-state index is 0.441. The number of benzene rings is 2. The van der Waals surface area contributed by atoms with Gasteiger partial charge in [0.15, 0.2) is 0 Å². The predicted molar refractivity (Wildman–Crippen MR) is 67.7 cm³/mol. The Morgan fingerprint density at radius 1 is 1.12 bits per heavy atom. The fourth-order valence-corrected chi connectivity index (χ4v) is 2.15. The van der Waals surface area contributed by atoms with E-state index < -0.39 is 0 Å². The molecule has 0 aliphatic heterocycles. The van der Waals surface area contributed by atoms with Crippen LogP contribution in [-0.4, -0.2) is 6.29 Å². The number of fused-ring (bicyclic) bond motifs is 1. The van der Waals surface area contributed by atoms with Crippen LogP contribution in [0, 0.1) is 0 Å². The van der Waals surface area contributed by atoms with E-state index in [2.05, 4.69) is 49.4 Å². The van der Waals surface area contributed by atoms with Gasteiger partial charge in [-0.3, -0.25) is 0 Å². The molecule has 1 nitrogen and oxygen atoms in total. The molecule has 2 aromatic carbocycles. The number of rotatable bonds is 4. The van der Waals surface area contributed by atoms with Crippen molar-refractivity contribution in [2.24, 2.45) is 0 Å². The summed E-state index contributed by atoms with van der Waals surface area (Å²) in [6.07, 6.45) is 2.57. The molecular weight excluding hydrogens is 196 g/mol. The Bertz CT molecular complexity index is 482. The lowest BCUT2D eigenvalue weighted by atomic mass is 9.92. The molecule has 2 rings (SSSR count). The highest BCUT2D eigenvalue weighted by Gasteiger charge is 2.08. The van der Waals surface area contributed by atoms with Crippen LogP contribution in [0.2, 0.25) is 0 Å². The molecule has 0 N–H and O–H groups in total. The van der Waals surface area contributed by atoms with Crippen LogP contribution in [0.1, 0.15) is 31.2 Å². The van der Waals surface area contributed by atoms with Crippen molar-refractivity contribution in [3.05, 3.63) is 48.0 Å². The number of hydrogen-bond donors (Lipinski definition) is 0. The molecule has 0 saturated heterocycles. The molecule has 0 aliphatic carbocycles. The molecule has 0 aliphatic rings. The molecule has 0 amide bonds. The Kier molecular flexibility index (Phi) is 3.35. The van der Waals surface area contributed by atoms with Crippen LogP contribution in [0.25, 0.3) is 10.8 Å². The first kappa shape index (κ1) is 10.9. The van der Waals surface area contributed by atoms with Crippen LogP contribution in [0.3, 0.4) is 0 Å². The molecular formula is C15H16O. The average molecular weight is 212 g/mol. The molecule has 0 fully saturated rings. The topological polar surface area (TPSA) is 17.1 Å². The summed E-state index contributed by atoms with van der Waals surface area (Å²) in [6, 6.07) is 14.8. The van der Waals surface area contributed by atoms with Crippen molar-refractivity contribution in [1.82, 2.24) is 0 Å². The van der Waals surface area contributed by atoms with Crippen molar-refractivity contribution in [3.8, 4) is 0 Å². The maximum atomic E-state index is 10.4. The molecule has 0 saturated carbocycles. The summed E-state index contributed by atoms with van der Waals surface area (Å²) in [4.78, 5) is 10.4. The van der Waals surface area contributed by atoms with Crippen LogP contribution in [0.5, 0.6) is 0 Å². The van der Waals surface area contributed by atoms with Gasteiger partial charge in [0.05, 0.1) is 0 Å². The quantitative estimate of drug-likeness (QED) is 0.702. The van der Waals surface area contributed by atoms with E-state index in [-0.39, 0.29) is 0 Å². The number of carbonyl (C=O) groups is 1. The first-order chi connectivity index (χ1) is 7.83. The van der Waals surface area contributed by atoms with E-state index in [1.54, 1.807) is 0 Å². The van der Waals surface area contributed by atoms with Crippen molar-refractivity contribution in [3.63, 3.8) is 0 Å². The highest BCUT2D eigenvalue weighted by Crippen LogP contribution is 2.27. The first-order valence-electron chi connectivity index (χ1n) is 5.74. The Labute approximate surface area is 96.1 Å². The number of hydrogen-bond acceptors (Lipinski definition) is 1. The van der Waals surface area contributed by atoms with Gasteiger partial charge in [-0.2, -0.15) is 0 Å². The van der Waals surface area contributed by atoms with Gasteiger partial charge in [0.1, 0.15) is 6.29 Å². The Morgan fingerprint density at radius 3 is 2.69 bits per heavy atom. The Hall–Kier alpha value is -1.63. The van der Waals surface area contributed by atoms with E-state index in [1.807, 2.05) is 0 Å². The fourth-order valence-electron chi connectivity index (χ4n) is 2.15. The molecule has 1 atom stereocenters. The number of aldehydes is 1. The number of carbonyl (C=O) groups excluding carboxylic acids is 1. The monoisotopic (exact) mass is 212 g/mol. The zero-order valence-electron chi connectivity index (χ0n) is 9.52. The van der Waals surface area contributed by atoms with Gasteiger partial charge in [0.25, 0.3) is 0 Å². The van der Waals surface area contributed by atoms with Crippen molar-refractivity contribution in [1.29, 1.82) is 0 Å². The second-order valence-corrected chi connectivity index (χ2v) is 4.21. The van der Waals surface area contributed by atoms with Gasteiger partial charge >= 0.3 is 0 Å². The molecule has 82 valence electrons. The van der Waals surface area contributed by atoms with Gasteiger partial charge in [-0.05, 0) is 28.7 Å². The van der Waals surface area contributed by atoms with E-state index in [0.29, 0.717) is 12.3 Å².